The minimum atomic E-state index is -0.170. The van der Waals surface area contributed by atoms with E-state index >= 15 is 0 Å². The Morgan fingerprint density at radius 3 is 2.50 bits per heavy atom. The van der Waals surface area contributed by atoms with E-state index in [1.54, 1.807) is 0 Å². The van der Waals surface area contributed by atoms with Gasteiger partial charge >= 0.3 is 0 Å². The first-order valence-electron chi connectivity index (χ1n) is 2.51. The number of nitrogens with zero attached hydrogens (tertiary/aromatic N) is 1. The monoisotopic (exact) mass is 133 g/mol. The van der Waals surface area contributed by atoms with Gasteiger partial charge in [0.15, 0.2) is 0 Å². The summed E-state index contributed by atoms with van der Waals surface area (Å²) < 4.78 is 0. The maximum Gasteiger partial charge on any atom is 0.149 e. The van der Waals surface area contributed by atoms with Gasteiger partial charge in [-0.15, -0.1) is 0 Å². The second-order valence-electron chi connectivity index (χ2n) is 2.50. The van der Waals surface area contributed by atoms with Gasteiger partial charge in [0, 0.05) is 6.42 Å². The lowest BCUT2D eigenvalue weighted by molar-refractivity contribution is 0.0123. The van der Waals surface area contributed by atoms with Crippen molar-refractivity contribution in [2.24, 2.45) is 5.16 Å². The van der Waals surface area contributed by atoms with E-state index < -0.39 is 0 Å². The van der Waals surface area contributed by atoms with Crippen LogP contribution in [0.3, 0.4) is 0 Å². The molecule has 0 spiro atoms. The van der Waals surface area contributed by atoms with E-state index in [1.807, 2.05) is 13.8 Å². The lowest BCUT2D eigenvalue weighted by atomic mass is 10.1. The molecular formula is C5H8ClNO. The number of oxime groups is 1. The molecule has 0 unspecified atom stereocenters. The summed E-state index contributed by atoms with van der Waals surface area (Å²) in [7, 11) is 0. The van der Waals surface area contributed by atoms with Crippen molar-refractivity contribution in [2.45, 2.75) is 25.9 Å². The predicted molar refractivity (Wildman–Crippen MR) is 33.1 cm³/mol. The summed E-state index contributed by atoms with van der Waals surface area (Å²) in [5, 5.41) is 4.14. The van der Waals surface area contributed by atoms with E-state index in [0.29, 0.717) is 5.17 Å². The van der Waals surface area contributed by atoms with Crippen molar-refractivity contribution in [1.29, 1.82) is 0 Å². The molecule has 0 N–H and O–H groups in total. The molecule has 0 amide bonds. The summed E-state index contributed by atoms with van der Waals surface area (Å²) in [6.07, 6.45) is 0.731. The molecule has 1 aliphatic rings. The quantitative estimate of drug-likeness (QED) is 0.493. The molecule has 0 saturated carbocycles. The Hall–Kier alpha value is -0.240. The topological polar surface area (TPSA) is 21.6 Å². The first-order chi connectivity index (χ1) is 3.60. The van der Waals surface area contributed by atoms with Crippen LogP contribution in [0.5, 0.6) is 0 Å². The summed E-state index contributed by atoms with van der Waals surface area (Å²) in [4.78, 5) is 4.91. The Labute approximate surface area is 53.5 Å². The van der Waals surface area contributed by atoms with Crippen molar-refractivity contribution in [2.75, 3.05) is 0 Å². The highest BCUT2D eigenvalue weighted by atomic mass is 35.5. The minimum Gasteiger partial charge on any atom is -0.388 e. The van der Waals surface area contributed by atoms with Crippen molar-refractivity contribution in [3.05, 3.63) is 0 Å². The van der Waals surface area contributed by atoms with Gasteiger partial charge < -0.3 is 4.84 Å². The number of hydrogen-bond acceptors (Lipinski definition) is 2. The van der Waals surface area contributed by atoms with Crippen LogP contribution in [0.15, 0.2) is 5.16 Å². The van der Waals surface area contributed by atoms with E-state index in [0.717, 1.165) is 6.42 Å². The van der Waals surface area contributed by atoms with Crippen molar-refractivity contribution in [3.63, 3.8) is 0 Å². The van der Waals surface area contributed by atoms with Crippen LogP contribution >= 0.6 is 11.6 Å². The second-order valence-corrected chi connectivity index (χ2v) is 2.93. The highest BCUT2D eigenvalue weighted by Gasteiger charge is 2.27. The van der Waals surface area contributed by atoms with Crippen LogP contribution in [0.25, 0.3) is 0 Å². The molecule has 0 aliphatic carbocycles. The zero-order valence-corrected chi connectivity index (χ0v) is 5.70. The standard InChI is InChI=1S/C5H8ClNO/c1-5(2)3-4(6)7-8-5/h3H2,1-2H3. The van der Waals surface area contributed by atoms with Gasteiger partial charge in [-0.3, -0.25) is 0 Å². The average molecular weight is 134 g/mol. The molecule has 0 aromatic rings. The molecule has 0 saturated heterocycles. The molecule has 1 heterocycles. The van der Waals surface area contributed by atoms with E-state index in [-0.39, 0.29) is 5.60 Å². The predicted octanol–water partition coefficient (Wildman–Crippen LogP) is 1.74. The van der Waals surface area contributed by atoms with E-state index in [1.165, 1.54) is 0 Å². The van der Waals surface area contributed by atoms with Gasteiger partial charge in [-0.05, 0) is 13.8 Å². The summed E-state index contributed by atoms with van der Waals surface area (Å²) in [6, 6.07) is 0. The minimum absolute atomic E-state index is 0.170. The lowest BCUT2D eigenvalue weighted by Crippen LogP contribution is -2.17. The Morgan fingerprint density at radius 2 is 2.38 bits per heavy atom. The van der Waals surface area contributed by atoms with Gasteiger partial charge in [-0.1, -0.05) is 16.8 Å². The fourth-order valence-electron chi connectivity index (χ4n) is 0.589. The van der Waals surface area contributed by atoms with Crippen molar-refractivity contribution in [1.82, 2.24) is 0 Å². The van der Waals surface area contributed by atoms with Crippen LogP contribution < -0.4 is 0 Å². The SMILES string of the molecule is CC1(C)CC(Cl)=NO1. The summed E-state index contributed by atoms with van der Waals surface area (Å²) in [6.45, 7) is 3.90. The van der Waals surface area contributed by atoms with E-state index in [2.05, 4.69) is 5.16 Å². The third-order valence-electron chi connectivity index (χ3n) is 0.963. The highest BCUT2D eigenvalue weighted by molar-refractivity contribution is 6.65. The Morgan fingerprint density at radius 1 is 1.75 bits per heavy atom. The normalized spacial score (nSPS) is 24.6. The van der Waals surface area contributed by atoms with Gasteiger partial charge in [-0.2, -0.15) is 0 Å². The molecule has 0 radical (unpaired) electrons. The van der Waals surface area contributed by atoms with Crippen molar-refractivity contribution < 1.29 is 4.84 Å². The van der Waals surface area contributed by atoms with Gasteiger partial charge in [0.1, 0.15) is 10.8 Å². The van der Waals surface area contributed by atoms with Crippen molar-refractivity contribution >= 4 is 16.8 Å². The van der Waals surface area contributed by atoms with Crippen LogP contribution in [0, 0.1) is 0 Å². The van der Waals surface area contributed by atoms with Gasteiger partial charge in [0.25, 0.3) is 0 Å². The van der Waals surface area contributed by atoms with Gasteiger partial charge in [-0.25, -0.2) is 0 Å². The van der Waals surface area contributed by atoms with Crippen LogP contribution in [0.4, 0.5) is 0 Å². The van der Waals surface area contributed by atoms with E-state index in [4.69, 9.17) is 16.4 Å². The third kappa shape index (κ3) is 1.13. The zero-order chi connectivity index (χ0) is 6.20. The molecule has 1 aliphatic heterocycles. The number of hydrogen-bond donors (Lipinski definition) is 0. The highest BCUT2D eigenvalue weighted by Crippen LogP contribution is 2.23. The largest absolute Gasteiger partial charge is 0.388 e. The van der Waals surface area contributed by atoms with E-state index in [9.17, 15) is 0 Å². The van der Waals surface area contributed by atoms with Crippen molar-refractivity contribution in [3.8, 4) is 0 Å². The molecule has 8 heavy (non-hydrogen) atoms. The molecule has 0 aromatic heterocycles. The number of halogens is 1. The first kappa shape index (κ1) is 5.89. The molecule has 1 rings (SSSR count). The molecule has 0 fully saturated rings. The Kier molecular flexibility index (Phi) is 1.19. The molecule has 2 nitrogen and oxygen atoms in total. The number of rotatable bonds is 0. The lowest BCUT2D eigenvalue weighted by Gasteiger charge is -2.12. The van der Waals surface area contributed by atoms with Crippen LogP contribution in [-0.2, 0) is 4.84 Å². The average Bonchev–Trinajstić information content (AvgIpc) is 1.82. The first-order valence-corrected chi connectivity index (χ1v) is 2.88. The summed E-state index contributed by atoms with van der Waals surface area (Å²) >= 11 is 5.52. The zero-order valence-electron chi connectivity index (χ0n) is 4.94. The Bertz CT molecular complexity index is 130. The molecule has 46 valence electrons. The summed E-state index contributed by atoms with van der Waals surface area (Å²) in [5.74, 6) is 0. The molecule has 3 heteroatoms. The second kappa shape index (κ2) is 1.62. The fraction of sp³-hybridized carbons (Fsp3) is 0.800. The van der Waals surface area contributed by atoms with Gasteiger partial charge in [0.05, 0.1) is 0 Å². The van der Waals surface area contributed by atoms with Crippen LogP contribution in [0.2, 0.25) is 0 Å². The smallest absolute Gasteiger partial charge is 0.149 e. The maximum atomic E-state index is 5.52. The third-order valence-corrected chi connectivity index (χ3v) is 1.17. The molecular weight excluding hydrogens is 126 g/mol. The maximum absolute atomic E-state index is 5.52. The Balaban J connectivity index is 2.55. The molecule has 0 atom stereocenters. The molecule has 0 bridgehead atoms. The van der Waals surface area contributed by atoms with Crippen LogP contribution in [0.1, 0.15) is 20.3 Å². The molecule has 0 aromatic carbocycles. The van der Waals surface area contributed by atoms with Crippen LogP contribution in [-0.4, -0.2) is 10.8 Å². The summed E-state index contributed by atoms with van der Waals surface area (Å²) in [5.41, 5.74) is -0.170. The van der Waals surface area contributed by atoms with Gasteiger partial charge in [0.2, 0.25) is 0 Å². The fourth-order valence-corrected chi connectivity index (χ4v) is 0.945.